The van der Waals surface area contributed by atoms with Gasteiger partial charge in [-0.05, 0) is 94.0 Å². The van der Waals surface area contributed by atoms with Gasteiger partial charge in [0.1, 0.15) is 16.9 Å². The van der Waals surface area contributed by atoms with Crippen molar-refractivity contribution in [3.05, 3.63) is 69.9 Å². The lowest BCUT2D eigenvalue weighted by Crippen LogP contribution is -2.89. The minimum absolute atomic E-state index is 0.180. The predicted molar refractivity (Wildman–Crippen MR) is 191 cm³/mol. The van der Waals surface area contributed by atoms with E-state index in [1.54, 1.807) is 14.0 Å². The molecule has 0 bridgehead atoms. The first-order valence-electron chi connectivity index (χ1n) is 17.7. The first kappa shape index (κ1) is 34.6. The summed E-state index contributed by atoms with van der Waals surface area (Å²) in [5.74, 6) is 0.235. The maximum absolute atomic E-state index is 13.5. The van der Waals surface area contributed by atoms with Gasteiger partial charge >= 0.3 is 11.9 Å². The van der Waals surface area contributed by atoms with E-state index in [0.29, 0.717) is 36.9 Å². The highest BCUT2D eigenvalue weighted by molar-refractivity contribution is 6.10. The second-order valence-corrected chi connectivity index (χ2v) is 14.3. The molecule has 3 heterocycles. The number of nitrogens with two attached hydrogens (primary N) is 1. The van der Waals surface area contributed by atoms with Gasteiger partial charge in [-0.3, -0.25) is 0 Å². The highest BCUT2D eigenvalue weighted by Crippen LogP contribution is 2.47. The summed E-state index contributed by atoms with van der Waals surface area (Å²) in [5.41, 5.74) is 7.13. The number of methoxy groups -OCH3 is 1. The summed E-state index contributed by atoms with van der Waals surface area (Å²) in [6, 6.07) is 12.3. The molecule has 0 atom stereocenters. The Kier molecular flexibility index (Phi) is 10.4. The van der Waals surface area contributed by atoms with Crippen molar-refractivity contribution in [2.75, 3.05) is 26.9 Å². The number of hydrogen-bond acceptors (Lipinski definition) is 7. The zero-order valence-electron chi connectivity index (χ0n) is 29.5. The average Bonchev–Trinajstić information content (AvgIpc) is 3.30. The number of carbonyl (C=O) groups is 2. The number of quaternary nitrogens is 1. The van der Waals surface area contributed by atoms with Crippen LogP contribution in [0, 0.1) is 5.41 Å². The van der Waals surface area contributed by atoms with Crippen LogP contribution in [0.2, 0.25) is 0 Å². The summed E-state index contributed by atoms with van der Waals surface area (Å²) in [5, 5.41) is 11.7. The van der Waals surface area contributed by atoms with E-state index in [4.69, 9.17) is 24.4 Å². The molecule has 260 valence electrons. The Morgan fingerprint density at radius 2 is 1.80 bits per heavy atom. The fourth-order valence-electron chi connectivity index (χ4n) is 7.61. The van der Waals surface area contributed by atoms with Crippen molar-refractivity contribution >= 4 is 35.1 Å². The molecule has 0 radical (unpaired) electrons. The molecule has 2 fully saturated rings. The number of esters is 2. The SMILES string of the molecule is CCOC(=O)C(C=N)=C([NH2+]C1CCOCC1)C1=Cc2cc(OC)ccc2-c2c(C3CCCCC3)c3ccc(C(=O)OC(C)(C)C)cc3n2C1. The molecule has 49 heavy (non-hydrogen) atoms. The highest BCUT2D eigenvalue weighted by atomic mass is 16.6. The zero-order valence-corrected chi connectivity index (χ0v) is 29.5. The van der Waals surface area contributed by atoms with Gasteiger partial charge in [0.05, 0.1) is 50.8 Å². The molecule has 9 heteroatoms. The summed E-state index contributed by atoms with van der Waals surface area (Å²) in [6.07, 6.45) is 10.8. The third kappa shape index (κ3) is 7.38. The predicted octanol–water partition coefficient (Wildman–Crippen LogP) is 6.93. The van der Waals surface area contributed by atoms with Gasteiger partial charge in [-0.1, -0.05) is 25.3 Å². The van der Waals surface area contributed by atoms with Crippen LogP contribution in [0.15, 0.2) is 53.2 Å². The fraction of sp³-hybridized carbons (Fsp3) is 0.475. The van der Waals surface area contributed by atoms with E-state index in [1.807, 2.05) is 39.0 Å². The Balaban J connectivity index is 1.62. The number of carbonyl (C=O) groups excluding carboxylic acids is 2. The third-order valence-electron chi connectivity index (χ3n) is 9.87. The van der Waals surface area contributed by atoms with Gasteiger partial charge < -0.3 is 34.2 Å². The quantitative estimate of drug-likeness (QED) is 0.145. The first-order chi connectivity index (χ1) is 23.6. The van der Waals surface area contributed by atoms with Gasteiger partial charge in [0.2, 0.25) is 0 Å². The van der Waals surface area contributed by atoms with Crippen LogP contribution in [0.1, 0.15) is 100 Å². The molecule has 2 aromatic carbocycles. The second kappa shape index (κ2) is 14.7. The number of allylic oxidation sites excluding steroid dienone is 1. The lowest BCUT2D eigenvalue weighted by molar-refractivity contribution is -0.645. The number of fused-ring (bicyclic) bond motifs is 5. The van der Waals surface area contributed by atoms with Crippen molar-refractivity contribution in [1.82, 2.24) is 4.57 Å². The van der Waals surface area contributed by atoms with Crippen molar-refractivity contribution in [1.29, 1.82) is 5.41 Å². The lowest BCUT2D eigenvalue weighted by atomic mass is 9.81. The van der Waals surface area contributed by atoms with E-state index in [2.05, 4.69) is 34.2 Å². The minimum atomic E-state index is -0.626. The number of rotatable bonds is 9. The molecule has 2 aliphatic heterocycles. The van der Waals surface area contributed by atoms with Crippen molar-refractivity contribution in [2.24, 2.45) is 0 Å². The molecule has 0 unspecified atom stereocenters. The first-order valence-corrected chi connectivity index (χ1v) is 17.7. The summed E-state index contributed by atoms with van der Waals surface area (Å²) in [7, 11) is 1.67. The van der Waals surface area contributed by atoms with Gasteiger partial charge in [0, 0.05) is 41.1 Å². The number of nitrogens with one attached hydrogen (secondary N) is 1. The Morgan fingerprint density at radius 3 is 2.47 bits per heavy atom. The van der Waals surface area contributed by atoms with Gasteiger partial charge in [-0.25, -0.2) is 9.59 Å². The number of ether oxygens (including phenoxy) is 4. The van der Waals surface area contributed by atoms with E-state index in [1.165, 1.54) is 24.8 Å². The summed E-state index contributed by atoms with van der Waals surface area (Å²) >= 11 is 0. The average molecular weight is 669 g/mol. The van der Waals surface area contributed by atoms with E-state index in [9.17, 15) is 9.59 Å². The Labute approximate surface area is 289 Å². The number of nitrogens with zero attached hydrogens (tertiary/aromatic N) is 1. The van der Waals surface area contributed by atoms with E-state index >= 15 is 0 Å². The Hall–Kier alpha value is -4.21. The van der Waals surface area contributed by atoms with Crippen LogP contribution in [-0.2, 0) is 25.5 Å². The summed E-state index contributed by atoms with van der Waals surface area (Å²) in [4.78, 5) is 26.9. The standard InChI is InChI=1S/C40H49N3O6/c1-6-48-39(45)33(23-41)36(42-29-16-18-47-19-17-29)28-20-27-21-30(46-5)13-15-31(27)37-35(25-10-8-7-9-11-25)32-14-12-26(22-34(32)43(37)24-28)38(44)49-40(2,3)4/h12-15,20-23,25,29,41-42H,6-11,16-19,24H2,1-5H3/p+1. The van der Waals surface area contributed by atoms with Crippen LogP contribution in [0.25, 0.3) is 28.2 Å². The summed E-state index contributed by atoms with van der Waals surface area (Å²) < 4.78 is 25.0. The fourth-order valence-corrected chi connectivity index (χ4v) is 7.61. The number of aromatic nitrogens is 1. The van der Waals surface area contributed by atoms with Crippen molar-refractivity contribution in [2.45, 2.75) is 96.7 Å². The van der Waals surface area contributed by atoms with Crippen LogP contribution in [-0.4, -0.2) is 61.3 Å². The molecular weight excluding hydrogens is 618 g/mol. The highest BCUT2D eigenvalue weighted by Gasteiger charge is 2.33. The Bertz CT molecular complexity index is 1800. The van der Waals surface area contributed by atoms with Gasteiger partial charge in [0.25, 0.3) is 0 Å². The Morgan fingerprint density at radius 1 is 1.04 bits per heavy atom. The van der Waals surface area contributed by atoms with Crippen LogP contribution >= 0.6 is 0 Å². The second-order valence-electron chi connectivity index (χ2n) is 14.3. The normalized spacial score (nSPS) is 17.7. The smallest absolute Gasteiger partial charge is 0.345 e. The molecule has 6 rings (SSSR count). The van der Waals surface area contributed by atoms with Crippen LogP contribution < -0.4 is 10.1 Å². The lowest BCUT2D eigenvalue weighted by Gasteiger charge is -2.24. The van der Waals surface area contributed by atoms with Gasteiger partial charge in [-0.15, -0.1) is 0 Å². The van der Waals surface area contributed by atoms with Crippen LogP contribution in [0.4, 0.5) is 0 Å². The molecule has 0 amide bonds. The van der Waals surface area contributed by atoms with E-state index in [-0.39, 0.29) is 24.2 Å². The van der Waals surface area contributed by atoms with Crippen molar-refractivity contribution < 1.29 is 33.9 Å². The molecule has 0 spiro atoms. The molecule has 1 saturated heterocycles. The largest absolute Gasteiger partial charge is 0.497 e. The number of benzene rings is 2. The molecule has 3 aromatic rings. The molecule has 1 saturated carbocycles. The topological polar surface area (TPSA) is 116 Å². The molecule has 1 aromatic heterocycles. The zero-order chi connectivity index (χ0) is 34.7. The van der Waals surface area contributed by atoms with Gasteiger partial charge in [-0.2, -0.15) is 0 Å². The van der Waals surface area contributed by atoms with Crippen LogP contribution in [0.3, 0.4) is 0 Å². The molecular formula is C40H50N3O6+. The molecule has 3 N–H and O–H groups in total. The van der Waals surface area contributed by atoms with Gasteiger partial charge in [0.15, 0.2) is 5.70 Å². The van der Waals surface area contributed by atoms with E-state index < -0.39 is 11.6 Å². The van der Waals surface area contributed by atoms with E-state index in [0.717, 1.165) is 70.9 Å². The third-order valence-corrected chi connectivity index (χ3v) is 9.87. The molecule has 1 aliphatic carbocycles. The van der Waals surface area contributed by atoms with Crippen molar-refractivity contribution in [3.63, 3.8) is 0 Å². The van der Waals surface area contributed by atoms with Crippen molar-refractivity contribution in [3.8, 4) is 17.0 Å². The minimum Gasteiger partial charge on any atom is -0.497 e. The number of hydrogen-bond donors (Lipinski definition) is 2. The molecule has 3 aliphatic rings. The summed E-state index contributed by atoms with van der Waals surface area (Å²) in [6.45, 7) is 9.36. The maximum atomic E-state index is 13.5. The monoisotopic (exact) mass is 668 g/mol. The molecule has 9 nitrogen and oxygen atoms in total. The maximum Gasteiger partial charge on any atom is 0.345 e. The van der Waals surface area contributed by atoms with Crippen LogP contribution in [0.5, 0.6) is 5.75 Å².